The van der Waals surface area contributed by atoms with Crippen LogP contribution >= 0.6 is 39.1 Å². The van der Waals surface area contributed by atoms with E-state index in [1.54, 1.807) is 0 Å². The Balaban J connectivity index is 2.30. The molecule has 0 fully saturated rings. The van der Waals surface area contributed by atoms with Gasteiger partial charge in [-0.2, -0.15) is 0 Å². The molecule has 0 aromatic heterocycles. The van der Waals surface area contributed by atoms with Crippen LogP contribution in [0, 0.1) is 6.92 Å². The van der Waals surface area contributed by atoms with E-state index in [9.17, 15) is 0 Å². The molecular formula is C15H11BrCl2. The molecule has 3 heteroatoms. The van der Waals surface area contributed by atoms with Crippen LogP contribution in [0.5, 0.6) is 0 Å². The lowest BCUT2D eigenvalue weighted by Crippen LogP contribution is -1.80. The second kappa shape index (κ2) is 5.92. The Hall–Kier alpha value is -0.760. The summed E-state index contributed by atoms with van der Waals surface area (Å²) in [5.41, 5.74) is 3.40. The van der Waals surface area contributed by atoms with Gasteiger partial charge in [-0.3, -0.25) is 0 Å². The van der Waals surface area contributed by atoms with E-state index in [0.717, 1.165) is 31.2 Å². The molecule has 2 rings (SSSR count). The van der Waals surface area contributed by atoms with Gasteiger partial charge in [0.05, 0.1) is 0 Å². The maximum Gasteiger partial charge on any atom is 0.0417 e. The van der Waals surface area contributed by atoms with Gasteiger partial charge in [0.2, 0.25) is 0 Å². The number of rotatable bonds is 2. The van der Waals surface area contributed by atoms with Crippen LogP contribution in [0.4, 0.5) is 0 Å². The monoisotopic (exact) mass is 340 g/mol. The van der Waals surface area contributed by atoms with Gasteiger partial charge in [0.25, 0.3) is 0 Å². The Morgan fingerprint density at radius 3 is 2.06 bits per heavy atom. The molecule has 0 atom stereocenters. The molecule has 0 aliphatic rings. The molecule has 0 unspecified atom stereocenters. The zero-order chi connectivity index (χ0) is 13.1. The topological polar surface area (TPSA) is 0 Å². The molecule has 0 amide bonds. The van der Waals surface area contributed by atoms with Crippen LogP contribution in [0.1, 0.15) is 16.7 Å². The molecule has 0 bridgehead atoms. The van der Waals surface area contributed by atoms with E-state index < -0.39 is 0 Å². The first-order valence-electron chi connectivity index (χ1n) is 5.45. The molecule has 0 nitrogen and oxygen atoms in total. The third-order valence-corrected chi connectivity index (χ3v) is 3.79. The first kappa shape index (κ1) is 13.7. The van der Waals surface area contributed by atoms with Gasteiger partial charge in [-0.25, -0.2) is 0 Å². The normalized spacial score (nSPS) is 11.1. The molecule has 2 aromatic carbocycles. The Morgan fingerprint density at radius 1 is 0.889 bits per heavy atom. The predicted molar refractivity (Wildman–Crippen MR) is 84.3 cm³/mol. The first-order valence-corrected chi connectivity index (χ1v) is 7.00. The summed E-state index contributed by atoms with van der Waals surface area (Å²) in [7, 11) is 0. The van der Waals surface area contributed by atoms with Crippen LogP contribution in [0.25, 0.3) is 12.2 Å². The second-order valence-corrected chi connectivity index (χ2v) is 5.73. The summed E-state index contributed by atoms with van der Waals surface area (Å²) in [6, 6.07) is 11.6. The van der Waals surface area contributed by atoms with Gasteiger partial charge in [0.15, 0.2) is 0 Å². The van der Waals surface area contributed by atoms with Crippen LogP contribution < -0.4 is 0 Å². The van der Waals surface area contributed by atoms with Crippen molar-refractivity contribution in [2.75, 3.05) is 0 Å². The lowest BCUT2D eigenvalue weighted by molar-refractivity contribution is 1.44. The molecule has 0 saturated carbocycles. The zero-order valence-corrected chi connectivity index (χ0v) is 12.9. The minimum Gasteiger partial charge on any atom is -0.0843 e. The molecule has 0 heterocycles. The maximum atomic E-state index is 5.93. The van der Waals surface area contributed by atoms with Crippen molar-refractivity contribution in [3.63, 3.8) is 0 Å². The maximum absolute atomic E-state index is 5.93. The molecule has 18 heavy (non-hydrogen) atoms. The van der Waals surface area contributed by atoms with E-state index in [0.29, 0.717) is 0 Å². The van der Waals surface area contributed by atoms with Crippen LogP contribution in [0.3, 0.4) is 0 Å². The fraction of sp³-hybridized carbons (Fsp3) is 0.0667. The number of hydrogen-bond acceptors (Lipinski definition) is 0. The van der Waals surface area contributed by atoms with Crippen molar-refractivity contribution in [3.8, 4) is 0 Å². The van der Waals surface area contributed by atoms with Crippen LogP contribution in [0.15, 0.2) is 40.9 Å². The van der Waals surface area contributed by atoms with Crippen molar-refractivity contribution in [2.45, 2.75) is 6.92 Å². The largest absolute Gasteiger partial charge is 0.0843 e. The molecule has 92 valence electrons. The van der Waals surface area contributed by atoms with Crippen molar-refractivity contribution in [3.05, 3.63) is 67.6 Å². The highest BCUT2D eigenvalue weighted by atomic mass is 79.9. The van der Waals surface area contributed by atoms with Gasteiger partial charge in [0.1, 0.15) is 0 Å². The van der Waals surface area contributed by atoms with Gasteiger partial charge < -0.3 is 0 Å². The number of halogens is 3. The van der Waals surface area contributed by atoms with E-state index >= 15 is 0 Å². The van der Waals surface area contributed by atoms with E-state index in [1.807, 2.05) is 43.3 Å². The fourth-order valence-corrected chi connectivity index (χ4v) is 2.68. The van der Waals surface area contributed by atoms with Crippen LogP contribution in [-0.4, -0.2) is 0 Å². The Bertz CT molecular complexity index is 550. The molecule has 0 aliphatic carbocycles. The van der Waals surface area contributed by atoms with Gasteiger partial charge in [-0.05, 0) is 47.9 Å². The quantitative estimate of drug-likeness (QED) is 0.567. The fourth-order valence-electron chi connectivity index (χ4n) is 1.64. The predicted octanol–water partition coefficient (Wildman–Crippen LogP) is 6.23. The summed E-state index contributed by atoms with van der Waals surface area (Å²) in [5, 5.41) is 1.49. The minimum atomic E-state index is 0.724. The first-order chi connectivity index (χ1) is 8.56. The number of aryl methyl sites for hydroxylation is 1. The average molecular weight is 342 g/mol. The van der Waals surface area contributed by atoms with E-state index in [-0.39, 0.29) is 0 Å². The highest BCUT2D eigenvalue weighted by Gasteiger charge is 1.98. The Labute approximate surface area is 125 Å². The Morgan fingerprint density at radius 2 is 1.44 bits per heavy atom. The lowest BCUT2D eigenvalue weighted by atomic mass is 10.1. The molecule has 0 spiro atoms. The SMILES string of the molecule is Cc1cc(Cl)ccc1/C=C\c1ccc(Cl)cc1Br. The minimum absolute atomic E-state index is 0.724. The van der Waals surface area contributed by atoms with Crippen molar-refractivity contribution in [1.29, 1.82) is 0 Å². The van der Waals surface area contributed by atoms with E-state index in [4.69, 9.17) is 23.2 Å². The summed E-state index contributed by atoms with van der Waals surface area (Å²) in [6.45, 7) is 2.04. The molecule has 0 N–H and O–H groups in total. The number of hydrogen-bond donors (Lipinski definition) is 0. The summed E-state index contributed by atoms with van der Waals surface area (Å²) < 4.78 is 0.984. The van der Waals surface area contributed by atoms with Crippen molar-refractivity contribution in [1.82, 2.24) is 0 Å². The molecular weight excluding hydrogens is 331 g/mol. The van der Waals surface area contributed by atoms with Crippen molar-refractivity contribution >= 4 is 51.3 Å². The third-order valence-electron chi connectivity index (χ3n) is 2.64. The smallest absolute Gasteiger partial charge is 0.0417 e. The van der Waals surface area contributed by atoms with Crippen molar-refractivity contribution in [2.24, 2.45) is 0 Å². The van der Waals surface area contributed by atoms with Crippen molar-refractivity contribution < 1.29 is 0 Å². The highest BCUT2D eigenvalue weighted by molar-refractivity contribution is 9.10. The Kier molecular flexibility index (Phi) is 4.50. The standard InChI is InChI=1S/C15H11BrCl2/c1-10-8-13(17)6-4-11(10)2-3-12-5-7-14(18)9-15(12)16/h2-9H,1H3/b3-2-. The lowest BCUT2D eigenvalue weighted by Gasteiger charge is -2.02. The molecule has 0 aliphatic heterocycles. The second-order valence-electron chi connectivity index (χ2n) is 4.00. The van der Waals surface area contributed by atoms with Crippen LogP contribution in [-0.2, 0) is 0 Å². The molecule has 0 radical (unpaired) electrons. The van der Waals surface area contributed by atoms with Gasteiger partial charge in [-0.1, -0.05) is 63.4 Å². The number of benzene rings is 2. The van der Waals surface area contributed by atoms with Gasteiger partial charge >= 0.3 is 0 Å². The van der Waals surface area contributed by atoms with E-state index in [1.165, 1.54) is 0 Å². The summed E-state index contributed by atoms with van der Waals surface area (Å²) in [6.07, 6.45) is 4.12. The zero-order valence-electron chi connectivity index (χ0n) is 9.75. The third kappa shape index (κ3) is 3.38. The van der Waals surface area contributed by atoms with Gasteiger partial charge in [0, 0.05) is 14.5 Å². The van der Waals surface area contributed by atoms with E-state index in [2.05, 4.69) is 28.1 Å². The highest BCUT2D eigenvalue weighted by Crippen LogP contribution is 2.24. The molecule has 0 saturated heterocycles. The summed E-state index contributed by atoms with van der Waals surface area (Å²) >= 11 is 15.3. The summed E-state index contributed by atoms with van der Waals surface area (Å²) in [4.78, 5) is 0. The van der Waals surface area contributed by atoms with Crippen LogP contribution in [0.2, 0.25) is 10.0 Å². The molecule has 2 aromatic rings. The summed E-state index contributed by atoms with van der Waals surface area (Å²) in [5.74, 6) is 0. The van der Waals surface area contributed by atoms with Gasteiger partial charge in [-0.15, -0.1) is 0 Å². The average Bonchev–Trinajstić information content (AvgIpc) is 2.30.